The van der Waals surface area contributed by atoms with E-state index in [2.05, 4.69) is 15.0 Å². The fourth-order valence-electron chi connectivity index (χ4n) is 4.46. The average molecular weight is 527 g/mol. The zero-order valence-electron chi connectivity index (χ0n) is 18.5. The van der Waals surface area contributed by atoms with Crippen LogP contribution < -0.4 is 10.0 Å². The molecule has 1 unspecified atom stereocenters. The number of carbonyl (C=O) groups excluding carboxylic acids is 1. The monoisotopic (exact) mass is 526 g/mol. The molecule has 1 saturated carbocycles. The number of esters is 1. The maximum absolute atomic E-state index is 14.4. The van der Waals surface area contributed by atoms with E-state index in [1.165, 1.54) is 37.6 Å². The number of nitrogens with one attached hydrogen (secondary N) is 2. The number of thiazole rings is 1. The highest BCUT2D eigenvalue weighted by atomic mass is 35.5. The molecular weight excluding hydrogens is 503 g/mol. The van der Waals surface area contributed by atoms with Crippen LogP contribution in [-0.4, -0.2) is 44.6 Å². The van der Waals surface area contributed by atoms with E-state index in [1.54, 1.807) is 17.6 Å². The van der Waals surface area contributed by atoms with Gasteiger partial charge in [0.15, 0.2) is 10.8 Å². The predicted octanol–water partition coefficient (Wildman–Crippen LogP) is 3.56. The Labute approximate surface area is 206 Å². The number of halogens is 2. The molecule has 1 atom stereocenters. The number of hydrogen-bond acceptors (Lipinski definition) is 8. The average Bonchev–Trinajstić information content (AvgIpc) is 3.40. The number of amidine groups is 1. The molecule has 0 amide bonds. The molecule has 1 aromatic carbocycles. The highest BCUT2D eigenvalue weighted by Crippen LogP contribution is 2.42. The second-order valence-corrected chi connectivity index (χ2v) is 11.5. The van der Waals surface area contributed by atoms with Crippen LogP contribution in [0.3, 0.4) is 0 Å². The SMILES string of the molecule is CNS(=O)(=O)C1CCC(C2=C(C(=O)OC)C(c3cccc(F)c3Cl)N=C(c3nccs3)N2)CC1. The predicted molar refractivity (Wildman–Crippen MR) is 129 cm³/mol. The molecule has 1 aliphatic heterocycles. The third-order valence-electron chi connectivity index (χ3n) is 6.20. The summed E-state index contributed by atoms with van der Waals surface area (Å²) in [5.41, 5.74) is 1.15. The minimum atomic E-state index is -3.39. The number of benzene rings is 1. The standard InChI is InChI=1S/C22H24ClFN4O4S2/c1-25-34(30,31)13-8-6-12(7-9-13)18-16(22(29)32-2)19(14-4-3-5-15(24)17(14)23)28-20(27-18)21-26-10-11-33-21/h3-5,10-13,19,25H,6-9H2,1-2H3,(H,27,28). The molecule has 8 nitrogen and oxygen atoms in total. The van der Waals surface area contributed by atoms with Gasteiger partial charge in [-0.25, -0.2) is 27.3 Å². The molecule has 2 aliphatic rings. The molecule has 1 aromatic heterocycles. The summed E-state index contributed by atoms with van der Waals surface area (Å²) in [6.07, 6.45) is 3.57. The van der Waals surface area contributed by atoms with Crippen LogP contribution in [0, 0.1) is 11.7 Å². The first-order chi connectivity index (χ1) is 16.3. The fourth-order valence-corrected chi connectivity index (χ4v) is 6.50. The van der Waals surface area contributed by atoms with Crippen LogP contribution in [0.1, 0.15) is 42.3 Å². The van der Waals surface area contributed by atoms with E-state index in [0.717, 1.165) is 0 Å². The van der Waals surface area contributed by atoms with Crippen LogP contribution in [0.2, 0.25) is 5.02 Å². The molecule has 1 aliphatic carbocycles. The van der Waals surface area contributed by atoms with Crippen LogP contribution in [0.5, 0.6) is 0 Å². The van der Waals surface area contributed by atoms with E-state index in [0.29, 0.717) is 47.8 Å². The molecule has 4 rings (SSSR count). The van der Waals surface area contributed by atoms with Gasteiger partial charge in [-0.3, -0.25) is 4.99 Å². The van der Waals surface area contributed by atoms with Gasteiger partial charge in [0, 0.05) is 22.8 Å². The number of aromatic nitrogens is 1. The first-order valence-corrected chi connectivity index (χ1v) is 13.5. The van der Waals surface area contributed by atoms with Crippen molar-refractivity contribution in [2.75, 3.05) is 14.2 Å². The van der Waals surface area contributed by atoms with Crippen molar-refractivity contribution in [3.05, 3.63) is 62.5 Å². The Bertz CT molecular complexity index is 1240. The van der Waals surface area contributed by atoms with Gasteiger partial charge in [0.25, 0.3) is 0 Å². The van der Waals surface area contributed by atoms with Crippen molar-refractivity contribution in [1.29, 1.82) is 0 Å². The Morgan fingerprint density at radius 2 is 2.03 bits per heavy atom. The second-order valence-electron chi connectivity index (χ2n) is 8.03. The third-order valence-corrected chi connectivity index (χ3v) is 9.29. The molecule has 182 valence electrons. The topological polar surface area (TPSA) is 110 Å². The van der Waals surface area contributed by atoms with Crippen LogP contribution in [0.15, 0.2) is 46.0 Å². The van der Waals surface area contributed by atoms with Crippen molar-refractivity contribution in [2.24, 2.45) is 10.9 Å². The Balaban J connectivity index is 1.80. The van der Waals surface area contributed by atoms with Gasteiger partial charge in [-0.05, 0) is 44.7 Å². The largest absolute Gasteiger partial charge is 0.466 e. The van der Waals surface area contributed by atoms with Crippen molar-refractivity contribution in [2.45, 2.75) is 37.0 Å². The van der Waals surface area contributed by atoms with E-state index in [4.69, 9.17) is 21.3 Å². The number of ether oxygens (including phenoxy) is 1. The van der Waals surface area contributed by atoms with Crippen LogP contribution in [0.4, 0.5) is 4.39 Å². The first kappa shape index (κ1) is 24.8. The Morgan fingerprint density at radius 1 is 1.29 bits per heavy atom. The summed E-state index contributed by atoms with van der Waals surface area (Å²) < 4.78 is 46.4. The van der Waals surface area contributed by atoms with Crippen molar-refractivity contribution in [3.63, 3.8) is 0 Å². The Kier molecular flexibility index (Phi) is 7.36. The molecule has 0 bridgehead atoms. The molecule has 0 spiro atoms. The summed E-state index contributed by atoms with van der Waals surface area (Å²) in [6, 6.07) is 3.47. The lowest BCUT2D eigenvalue weighted by atomic mass is 9.82. The van der Waals surface area contributed by atoms with Crippen molar-refractivity contribution < 1.29 is 22.3 Å². The fraction of sp³-hybridized carbons (Fsp3) is 0.409. The maximum atomic E-state index is 14.4. The molecule has 12 heteroatoms. The summed E-state index contributed by atoms with van der Waals surface area (Å²) in [4.78, 5) is 22.0. The zero-order valence-corrected chi connectivity index (χ0v) is 20.9. The lowest BCUT2D eigenvalue weighted by molar-refractivity contribution is -0.136. The van der Waals surface area contributed by atoms with E-state index in [-0.39, 0.29) is 16.5 Å². The van der Waals surface area contributed by atoms with Gasteiger partial charge in [0.05, 0.1) is 23.0 Å². The normalized spacial score (nSPS) is 23.3. The summed E-state index contributed by atoms with van der Waals surface area (Å²) in [5.74, 6) is -0.947. The van der Waals surface area contributed by atoms with Crippen molar-refractivity contribution >= 4 is 44.8 Å². The summed E-state index contributed by atoms with van der Waals surface area (Å²) >= 11 is 7.67. The molecule has 0 saturated heterocycles. The number of sulfonamides is 1. The Morgan fingerprint density at radius 3 is 2.65 bits per heavy atom. The number of carbonyl (C=O) groups is 1. The summed E-state index contributed by atoms with van der Waals surface area (Å²) in [5, 5.41) is 5.05. The van der Waals surface area contributed by atoms with Gasteiger partial charge in [-0.2, -0.15) is 0 Å². The minimum Gasteiger partial charge on any atom is -0.466 e. The van der Waals surface area contributed by atoms with Crippen LogP contribution >= 0.6 is 22.9 Å². The number of methoxy groups -OCH3 is 1. The molecular formula is C22H24ClFN4O4S2. The number of hydrogen-bond donors (Lipinski definition) is 2. The van der Waals surface area contributed by atoms with Crippen LogP contribution in [0.25, 0.3) is 0 Å². The summed E-state index contributed by atoms with van der Waals surface area (Å²) in [7, 11) is -0.709. The number of aliphatic imine (C=N–C) groups is 1. The lowest BCUT2D eigenvalue weighted by Crippen LogP contribution is -2.40. The smallest absolute Gasteiger partial charge is 0.338 e. The van der Waals surface area contributed by atoms with Gasteiger partial charge in [-0.15, -0.1) is 11.3 Å². The van der Waals surface area contributed by atoms with E-state index < -0.39 is 33.1 Å². The maximum Gasteiger partial charge on any atom is 0.338 e. The van der Waals surface area contributed by atoms with Gasteiger partial charge < -0.3 is 10.1 Å². The molecule has 2 heterocycles. The summed E-state index contributed by atoms with van der Waals surface area (Å²) in [6.45, 7) is 0. The third kappa shape index (κ3) is 4.74. The molecule has 2 aromatic rings. The highest BCUT2D eigenvalue weighted by Gasteiger charge is 2.39. The lowest BCUT2D eigenvalue weighted by Gasteiger charge is -2.34. The zero-order chi connectivity index (χ0) is 24.5. The molecule has 1 fully saturated rings. The van der Waals surface area contributed by atoms with E-state index >= 15 is 0 Å². The van der Waals surface area contributed by atoms with E-state index in [9.17, 15) is 17.6 Å². The van der Waals surface area contributed by atoms with Gasteiger partial charge in [-0.1, -0.05) is 23.7 Å². The Hall–Kier alpha value is -2.34. The van der Waals surface area contributed by atoms with Crippen molar-refractivity contribution in [1.82, 2.24) is 15.0 Å². The first-order valence-electron chi connectivity index (χ1n) is 10.7. The molecule has 2 N–H and O–H groups in total. The number of rotatable bonds is 6. The minimum absolute atomic E-state index is 0.124. The molecule has 0 radical (unpaired) electrons. The van der Waals surface area contributed by atoms with Crippen LogP contribution in [-0.2, 0) is 19.6 Å². The highest BCUT2D eigenvalue weighted by molar-refractivity contribution is 7.90. The number of allylic oxidation sites excluding steroid dienone is 1. The van der Waals surface area contributed by atoms with Gasteiger partial charge in [0.2, 0.25) is 10.0 Å². The van der Waals surface area contributed by atoms with E-state index in [1.807, 2.05) is 0 Å². The molecule has 34 heavy (non-hydrogen) atoms. The quantitative estimate of drug-likeness (QED) is 0.557. The van der Waals surface area contributed by atoms with Crippen molar-refractivity contribution in [3.8, 4) is 0 Å². The second kappa shape index (κ2) is 10.1. The van der Waals surface area contributed by atoms with Gasteiger partial charge >= 0.3 is 5.97 Å². The van der Waals surface area contributed by atoms with Gasteiger partial charge in [0.1, 0.15) is 11.9 Å². The number of nitrogens with zero attached hydrogens (tertiary/aromatic N) is 2.